The Bertz CT molecular complexity index is 1430. The summed E-state index contributed by atoms with van der Waals surface area (Å²) in [6, 6.07) is 7.70. The van der Waals surface area contributed by atoms with E-state index in [9.17, 15) is 14.7 Å². The molecule has 5 heterocycles. The van der Waals surface area contributed by atoms with Crippen LogP contribution in [-0.2, 0) is 28.3 Å². The topological polar surface area (TPSA) is 110 Å². The largest absolute Gasteiger partial charge is 0.458 e. The van der Waals surface area contributed by atoms with E-state index in [0.717, 1.165) is 27.4 Å². The average Bonchev–Trinajstić information content (AvgIpc) is 3.32. The van der Waals surface area contributed by atoms with Crippen molar-refractivity contribution in [1.29, 1.82) is 0 Å². The van der Waals surface area contributed by atoms with E-state index in [1.807, 2.05) is 18.2 Å². The van der Waals surface area contributed by atoms with Crippen molar-refractivity contribution >= 4 is 27.8 Å². The third-order valence-corrected chi connectivity index (χ3v) is 6.07. The highest BCUT2D eigenvalue weighted by Crippen LogP contribution is 2.38. The molecule has 0 fully saturated rings. The van der Waals surface area contributed by atoms with Crippen LogP contribution in [0, 0.1) is 0 Å². The van der Waals surface area contributed by atoms with E-state index in [0.29, 0.717) is 29.1 Å². The number of ether oxygens (including phenoxy) is 1. The number of esters is 1. The zero-order valence-corrected chi connectivity index (χ0v) is 15.5. The molecule has 144 valence electrons. The molecule has 3 aromatic heterocycles. The van der Waals surface area contributed by atoms with Crippen LogP contribution in [0.25, 0.3) is 33.2 Å². The van der Waals surface area contributed by atoms with Crippen molar-refractivity contribution in [1.82, 2.24) is 19.7 Å². The van der Waals surface area contributed by atoms with Crippen LogP contribution in [0.5, 0.6) is 0 Å². The third kappa shape index (κ3) is 2.01. The van der Waals surface area contributed by atoms with Gasteiger partial charge >= 0.3 is 5.97 Å². The first kappa shape index (κ1) is 16.4. The molecule has 0 aliphatic carbocycles. The summed E-state index contributed by atoms with van der Waals surface area (Å²) in [5.74, 6) is -0.719. The predicted molar refractivity (Wildman–Crippen MR) is 104 cm³/mol. The average molecular weight is 388 g/mol. The van der Waals surface area contributed by atoms with Crippen molar-refractivity contribution in [2.45, 2.75) is 32.1 Å². The molecule has 4 aromatic rings. The molecule has 1 aromatic carbocycles. The summed E-state index contributed by atoms with van der Waals surface area (Å²) in [7, 11) is 0. The standard InChI is InChI=1S/C21H16N4O4/c1-2-21(28)14-5-17-18-12(8-25(17)19(26)13(14)9-29-20(21)27)4-10-3-11-7-22-24-16(11)6-15(10)23-18/h3-7,28H,2,8-9H2,1H3,(H,22,24). The Hall–Kier alpha value is -3.52. The maximum Gasteiger partial charge on any atom is 0.343 e. The van der Waals surface area contributed by atoms with Crippen molar-refractivity contribution in [3.8, 4) is 11.4 Å². The molecular formula is C21H16N4O4. The number of nitrogens with one attached hydrogen (secondary N) is 1. The lowest BCUT2D eigenvalue weighted by atomic mass is 9.86. The van der Waals surface area contributed by atoms with Crippen molar-refractivity contribution in [3.63, 3.8) is 0 Å². The highest BCUT2D eigenvalue weighted by Gasteiger charge is 2.45. The number of cyclic esters (lactones) is 1. The van der Waals surface area contributed by atoms with Gasteiger partial charge in [0.05, 0.1) is 40.7 Å². The SMILES string of the molecule is CCC1(O)C(=O)OCc2c1cc1n(c2=O)Cc2cc3cc4cn[nH]c4cc3nc2-1. The lowest BCUT2D eigenvalue weighted by Gasteiger charge is -2.31. The monoisotopic (exact) mass is 388 g/mol. The zero-order chi connectivity index (χ0) is 19.9. The van der Waals surface area contributed by atoms with E-state index < -0.39 is 11.6 Å². The van der Waals surface area contributed by atoms with Gasteiger partial charge in [-0.2, -0.15) is 5.10 Å². The quantitative estimate of drug-likeness (QED) is 0.425. The molecule has 0 radical (unpaired) electrons. The van der Waals surface area contributed by atoms with Crippen LogP contribution in [-0.4, -0.2) is 30.8 Å². The molecule has 0 saturated carbocycles. The summed E-state index contributed by atoms with van der Waals surface area (Å²) in [4.78, 5) is 30.2. The van der Waals surface area contributed by atoms with Gasteiger partial charge in [0.25, 0.3) is 5.56 Å². The fourth-order valence-electron chi connectivity index (χ4n) is 4.42. The van der Waals surface area contributed by atoms with Gasteiger partial charge in [-0.3, -0.25) is 9.89 Å². The first-order chi connectivity index (χ1) is 14.0. The smallest absolute Gasteiger partial charge is 0.343 e. The van der Waals surface area contributed by atoms with Gasteiger partial charge in [-0.15, -0.1) is 0 Å². The molecule has 1 unspecified atom stereocenters. The Morgan fingerprint density at radius 2 is 2.10 bits per heavy atom. The second kappa shape index (κ2) is 5.30. The van der Waals surface area contributed by atoms with Crippen LogP contribution < -0.4 is 5.56 Å². The highest BCUT2D eigenvalue weighted by molar-refractivity contribution is 5.96. The maximum absolute atomic E-state index is 13.1. The normalized spacial score (nSPS) is 19.9. The van der Waals surface area contributed by atoms with E-state index >= 15 is 0 Å². The van der Waals surface area contributed by atoms with Crippen LogP contribution in [0.3, 0.4) is 0 Å². The summed E-state index contributed by atoms with van der Waals surface area (Å²) < 4.78 is 6.74. The van der Waals surface area contributed by atoms with Gasteiger partial charge in [0.1, 0.15) is 6.61 Å². The molecule has 0 spiro atoms. The molecule has 8 heteroatoms. The van der Waals surface area contributed by atoms with Gasteiger partial charge in [0.15, 0.2) is 5.60 Å². The van der Waals surface area contributed by atoms with Gasteiger partial charge in [-0.1, -0.05) is 6.92 Å². The molecular weight excluding hydrogens is 372 g/mol. The number of pyridine rings is 2. The van der Waals surface area contributed by atoms with Gasteiger partial charge in [0, 0.05) is 21.9 Å². The van der Waals surface area contributed by atoms with Gasteiger partial charge in [-0.05, 0) is 30.7 Å². The van der Waals surface area contributed by atoms with Crippen molar-refractivity contribution in [3.05, 3.63) is 57.5 Å². The number of aliphatic hydroxyl groups is 1. The number of rotatable bonds is 1. The van der Waals surface area contributed by atoms with Gasteiger partial charge in [0.2, 0.25) is 0 Å². The number of hydrogen-bond acceptors (Lipinski definition) is 6. The molecule has 0 bridgehead atoms. The molecule has 29 heavy (non-hydrogen) atoms. The fraction of sp³-hybridized carbons (Fsp3) is 0.238. The number of fused-ring (bicyclic) bond motifs is 6. The predicted octanol–water partition coefficient (Wildman–Crippen LogP) is 1.96. The molecule has 6 rings (SSSR count). The van der Waals surface area contributed by atoms with Crippen LogP contribution in [0.1, 0.15) is 30.0 Å². The number of benzene rings is 1. The summed E-state index contributed by atoms with van der Waals surface area (Å²) in [6.07, 6.45) is 1.88. The van der Waals surface area contributed by atoms with Gasteiger partial charge in [-0.25, -0.2) is 9.78 Å². The van der Waals surface area contributed by atoms with E-state index in [4.69, 9.17) is 9.72 Å². The minimum atomic E-state index is -1.82. The summed E-state index contributed by atoms with van der Waals surface area (Å²) in [5, 5.41) is 19.9. The number of aromatic amines is 1. The molecule has 0 amide bonds. The van der Waals surface area contributed by atoms with E-state index in [-0.39, 0.29) is 18.6 Å². The van der Waals surface area contributed by atoms with Gasteiger partial charge < -0.3 is 14.4 Å². The minimum Gasteiger partial charge on any atom is -0.458 e. The molecule has 2 aliphatic heterocycles. The number of nitrogens with zero attached hydrogens (tertiary/aromatic N) is 3. The highest BCUT2D eigenvalue weighted by atomic mass is 16.6. The van der Waals surface area contributed by atoms with E-state index in [1.165, 1.54) is 0 Å². The summed E-state index contributed by atoms with van der Waals surface area (Å²) in [6.45, 7) is 1.96. The Morgan fingerprint density at radius 1 is 1.24 bits per heavy atom. The van der Waals surface area contributed by atoms with Crippen LogP contribution in [0.15, 0.2) is 35.3 Å². The fourth-order valence-corrected chi connectivity index (χ4v) is 4.42. The minimum absolute atomic E-state index is 0.123. The second-order valence-corrected chi connectivity index (χ2v) is 7.60. The van der Waals surface area contributed by atoms with Crippen molar-refractivity contribution in [2.24, 2.45) is 0 Å². The Labute approximate surface area is 163 Å². The number of aromatic nitrogens is 4. The van der Waals surface area contributed by atoms with E-state index in [1.54, 1.807) is 23.8 Å². The Morgan fingerprint density at radius 3 is 2.93 bits per heavy atom. The van der Waals surface area contributed by atoms with Crippen molar-refractivity contribution in [2.75, 3.05) is 0 Å². The van der Waals surface area contributed by atoms with Crippen LogP contribution in [0.4, 0.5) is 0 Å². The Kier molecular flexibility index (Phi) is 3.00. The molecule has 8 nitrogen and oxygen atoms in total. The number of carbonyl (C=O) groups is 1. The van der Waals surface area contributed by atoms with Crippen LogP contribution >= 0.6 is 0 Å². The van der Waals surface area contributed by atoms with Crippen molar-refractivity contribution < 1.29 is 14.6 Å². The maximum atomic E-state index is 13.1. The molecule has 1 atom stereocenters. The third-order valence-electron chi connectivity index (χ3n) is 6.07. The molecule has 2 aliphatic rings. The summed E-state index contributed by atoms with van der Waals surface area (Å²) >= 11 is 0. The van der Waals surface area contributed by atoms with E-state index in [2.05, 4.69) is 10.2 Å². The lowest BCUT2D eigenvalue weighted by Crippen LogP contribution is -2.44. The first-order valence-corrected chi connectivity index (χ1v) is 9.43. The number of H-pyrrole nitrogens is 1. The second-order valence-electron chi connectivity index (χ2n) is 7.60. The van der Waals surface area contributed by atoms with Crippen LogP contribution in [0.2, 0.25) is 0 Å². The lowest BCUT2D eigenvalue weighted by molar-refractivity contribution is -0.172. The summed E-state index contributed by atoms with van der Waals surface area (Å²) in [5.41, 5.74) is 2.47. The first-order valence-electron chi connectivity index (χ1n) is 9.43. The Balaban J connectivity index is 1.63. The number of hydrogen-bond donors (Lipinski definition) is 2. The number of carbonyl (C=O) groups excluding carboxylic acids is 1. The molecule has 0 saturated heterocycles. The molecule has 2 N–H and O–H groups in total. The zero-order valence-electron chi connectivity index (χ0n) is 15.5.